The summed E-state index contributed by atoms with van der Waals surface area (Å²) in [4.78, 5) is 11.4. The van der Waals surface area contributed by atoms with E-state index in [-0.39, 0.29) is 4.08 Å². The Morgan fingerprint density at radius 2 is 1.69 bits per heavy atom. The zero-order chi connectivity index (χ0) is 11.9. The van der Waals surface area contributed by atoms with Crippen LogP contribution in [0.25, 0.3) is 0 Å². The summed E-state index contributed by atoms with van der Waals surface area (Å²) in [6.07, 6.45) is 1.93. The van der Waals surface area contributed by atoms with Crippen LogP contribution in [0.5, 0.6) is 0 Å². The van der Waals surface area contributed by atoms with Crippen LogP contribution in [0, 0.1) is 0 Å². The summed E-state index contributed by atoms with van der Waals surface area (Å²) in [6.45, 7) is 4.20. The third kappa shape index (κ3) is 3.87. The molecule has 0 atom stereocenters. The first-order valence-corrected chi connectivity index (χ1v) is 7.51. The second-order valence-electron chi connectivity index (χ2n) is 3.46. The van der Waals surface area contributed by atoms with E-state index < -0.39 is 0 Å². The molecule has 1 aromatic rings. The molecule has 1 rings (SSSR count). The number of benzene rings is 1. The molecule has 0 unspecified atom stereocenters. The van der Waals surface area contributed by atoms with Gasteiger partial charge in [0.2, 0.25) is 0 Å². The Bertz CT molecular complexity index is 305. The molecule has 0 spiro atoms. The van der Waals surface area contributed by atoms with E-state index in [1.165, 1.54) is 5.56 Å². The van der Waals surface area contributed by atoms with Crippen LogP contribution in [0.1, 0.15) is 19.4 Å². The fourth-order valence-corrected chi connectivity index (χ4v) is 4.31. The number of hydrogen-bond acceptors (Lipinski definition) is 3. The molecule has 0 N–H and O–H groups in total. The highest BCUT2D eigenvalue weighted by Gasteiger charge is 2.29. The molecule has 88 valence electrons. The Kier molecular flexibility index (Phi) is 5.99. The molecule has 0 fully saturated rings. The first-order chi connectivity index (χ1) is 7.76. The first kappa shape index (κ1) is 13.7. The molecule has 3 heteroatoms. The molecule has 0 aliphatic heterocycles. The molecular weight excluding hydrogens is 236 g/mol. The van der Waals surface area contributed by atoms with Crippen LogP contribution < -0.4 is 0 Å². The monoisotopic (exact) mass is 254 g/mol. The van der Waals surface area contributed by atoms with Gasteiger partial charge in [-0.1, -0.05) is 44.2 Å². The average Bonchev–Trinajstić information content (AvgIpc) is 2.31. The Balaban J connectivity index is 2.80. The first-order valence-electron chi connectivity index (χ1n) is 5.54. The largest absolute Gasteiger partial charge is 0.301 e. The Morgan fingerprint density at radius 3 is 2.12 bits per heavy atom. The lowest BCUT2D eigenvalue weighted by Gasteiger charge is -2.26. The van der Waals surface area contributed by atoms with Crippen LogP contribution >= 0.6 is 23.5 Å². The smallest absolute Gasteiger partial charge is 0.146 e. The molecule has 0 amide bonds. The second kappa shape index (κ2) is 7.02. The molecule has 0 aliphatic carbocycles. The summed E-state index contributed by atoms with van der Waals surface area (Å²) < 4.78 is -0.301. The van der Waals surface area contributed by atoms with Gasteiger partial charge in [-0.2, -0.15) is 0 Å². The van der Waals surface area contributed by atoms with Crippen LogP contribution in [0.4, 0.5) is 0 Å². The van der Waals surface area contributed by atoms with Gasteiger partial charge in [-0.25, -0.2) is 0 Å². The van der Waals surface area contributed by atoms with Crippen molar-refractivity contribution in [2.75, 3.05) is 11.5 Å². The lowest BCUT2D eigenvalue weighted by molar-refractivity contribution is -0.108. The highest BCUT2D eigenvalue weighted by Crippen LogP contribution is 2.38. The minimum Gasteiger partial charge on any atom is -0.301 e. The van der Waals surface area contributed by atoms with Crippen molar-refractivity contribution < 1.29 is 4.79 Å². The number of carbonyl (C=O) groups is 1. The predicted octanol–water partition coefficient (Wildman–Crippen LogP) is 3.63. The molecular formula is C13H18OS2. The standard InChI is InChI=1S/C13H18OS2/c1-3-15-13(11-14,16-4-2)10-12-8-6-5-7-9-12/h5-9,11H,3-4,10H2,1-2H3. The lowest BCUT2D eigenvalue weighted by Crippen LogP contribution is -2.26. The van der Waals surface area contributed by atoms with Crippen molar-refractivity contribution in [3.05, 3.63) is 35.9 Å². The van der Waals surface area contributed by atoms with Crippen molar-refractivity contribution >= 4 is 29.8 Å². The zero-order valence-corrected chi connectivity index (χ0v) is 11.4. The van der Waals surface area contributed by atoms with Gasteiger partial charge in [-0.05, 0) is 17.1 Å². The minimum atomic E-state index is -0.301. The Hall–Kier alpha value is -0.410. The average molecular weight is 254 g/mol. The number of aldehydes is 1. The molecule has 0 saturated heterocycles. The maximum atomic E-state index is 11.4. The van der Waals surface area contributed by atoms with Crippen LogP contribution in [0.15, 0.2) is 30.3 Å². The topological polar surface area (TPSA) is 17.1 Å². The van der Waals surface area contributed by atoms with Gasteiger partial charge in [0.15, 0.2) is 0 Å². The molecule has 0 radical (unpaired) electrons. The van der Waals surface area contributed by atoms with E-state index in [0.717, 1.165) is 24.2 Å². The summed E-state index contributed by atoms with van der Waals surface area (Å²) in [5.74, 6) is 1.94. The fourth-order valence-electron chi connectivity index (χ4n) is 1.62. The van der Waals surface area contributed by atoms with Crippen molar-refractivity contribution in [3.63, 3.8) is 0 Å². The number of carbonyl (C=O) groups excluding carboxylic acids is 1. The zero-order valence-electron chi connectivity index (χ0n) is 9.81. The maximum absolute atomic E-state index is 11.4. The molecule has 0 aromatic heterocycles. The van der Waals surface area contributed by atoms with Gasteiger partial charge in [-0.15, -0.1) is 23.5 Å². The van der Waals surface area contributed by atoms with Gasteiger partial charge in [0.05, 0.1) is 0 Å². The minimum absolute atomic E-state index is 0.301. The van der Waals surface area contributed by atoms with Gasteiger partial charge in [0, 0.05) is 6.42 Å². The van der Waals surface area contributed by atoms with Crippen molar-refractivity contribution in [2.24, 2.45) is 0 Å². The normalized spacial score (nSPS) is 11.4. The molecule has 1 nitrogen and oxygen atoms in total. The van der Waals surface area contributed by atoms with E-state index in [1.807, 2.05) is 18.2 Å². The summed E-state index contributed by atoms with van der Waals surface area (Å²) in [5, 5.41) is 0. The quantitative estimate of drug-likeness (QED) is 0.546. The van der Waals surface area contributed by atoms with E-state index in [2.05, 4.69) is 26.0 Å². The van der Waals surface area contributed by atoms with E-state index in [9.17, 15) is 4.79 Å². The highest BCUT2D eigenvalue weighted by molar-refractivity contribution is 8.19. The van der Waals surface area contributed by atoms with Crippen LogP contribution in [-0.4, -0.2) is 21.9 Å². The van der Waals surface area contributed by atoms with E-state index in [0.29, 0.717) is 0 Å². The number of thioether (sulfide) groups is 2. The van der Waals surface area contributed by atoms with Crippen molar-refractivity contribution in [3.8, 4) is 0 Å². The van der Waals surface area contributed by atoms with Gasteiger partial charge in [-0.3, -0.25) is 0 Å². The maximum Gasteiger partial charge on any atom is 0.146 e. The highest BCUT2D eigenvalue weighted by atomic mass is 32.2. The summed E-state index contributed by atoms with van der Waals surface area (Å²) >= 11 is 3.48. The SMILES string of the molecule is CCSC(C=O)(Cc1ccccc1)SCC. The molecule has 1 aromatic carbocycles. The Labute approximate surface area is 106 Å². The second-order valence-corrected chi connectivity index (χ2v) is 6.91. The predicted molar refractivity (Wildman–Crippen MR) is 75.2 cm³/mol. The summed E-state index contributed by atoms with van der Waals surface area (Å²) in [6, 6.07) is 10.2. The number of rotatable bonds is 7. The lowest BCUT2D eigenvalue weighted by atomic mass is 10.1. The van der Waals surface area contributed by atoms with Gasteiger partial charge in [0.1, 0.15) is 10.4 Å². The van der Waals surface area contributed by atoms with E-state index >= 15 is 0 Å². The third-order valence-electron chi connectivity index (χ3n) is 2.25. The summed E-state index contributed by atoms with van der Waals surface area (Å²) in [5.41, 5.74) is 1.23. The van der Waals surface area contributed by atoms with Crippen molar-refractivity contribution in [2.45, 2.75) is 24.3 Å². The van der Waals surface area contributed by atoms with E-state index in [1.54, 1.807) is 23.5 Å². The van der Waals surface area contributed by atoms with Crippen LogP contribution in [0.2, 0.25) is 0 Å². The third-order valence-corrected chi connectivity index (χ3v) is 4.99. The summed E-state index contributed by atoms with van der Waals surface area (Å²) in [7, 11) is 0. The molecule has 0 saturated carbocycles. The molecule has 0 heterocycles. The van der Waals surface area contributed by atoms with Gasteiger partial charge >= 0.3 is 0 Å². The van der Waals surface area contributed by atoms with Crippen LogP contribution in [0.3, 0.4) is 0 Å². The Morgan fingerprint density at radius 1 is 1.12 bits per heavy atom. The van der Waals surface area contributed by atoms with Gasteiger partial charge in [0.25, 0.3) is 0 Å². The molecule has 0 bridgehead atoms. The van der Waals surface area contributed by atoms with Gasteiger partial charge < -0.3 is 4.79 Å². The van der Waals surface area contributed by atoms with Crippen molar-refractivity contribution in [1.82, 2.24) is 0 Å². The van der Waals surface area contributed by atoms with E-state index in [4.69, 9.17) is 0 Å². The molecule has 0 aliphatic rings. The molecule has 16 heavy (non-hydrogen) atoms. The van der Waals surface area contributed by atoms with Crippen molar-refractivity contribution in [1.29, 1.82) is 0 Å². The fraction of sp³-hybridized carbons (Fsp3) is 0.462. The van der Waals surface area contributed by atoms with Crippen LogP contribution in [-0.2, 0) is 11.2 Å². The number of hydrogen-bond donors (Lipinski definition) is 0.